The van der Waals surface area contributed by atoms with Gasteiger partial charge in [-0.1, -0.05) is 42.1 Å². The van der Waals surface area contributed by atoms with Gasteiger partial charge >= 0.3 is 0 Å². The Labute approximate surface area is 192 Å². The summed E-state index contributed by atoms with van der Waals surface area (Å²) in [5, 5.41) is 3.05. The molecular weight excluding hydrogens is 426 g/mol. The Balaban J connectivity index is 1.40. The quantitative estimate of drug-likeness (QED) is 0.662. The van der Waals surface area contributed by atoms with Gasteiger partial charge in [-0.3, -0.25) is 14.5 Å². The Hall–Kier alpha value is -2.84. The molecule has 0 bridgehead atoms. The number of benzene rings is 2. The first-order chi connectivity index (χ1) is 15.6. The lowest BCUT2D eigenvalue weighted by Crippen LogP contribution is -2.39. The largest absolute Gasteiger partial charge is 0.497 e. The Morgan fingerprint density at radius 2 is 2.00 bits per heavy atom. The first-order valence-corrected chi connectivity index (χ1v) is 11.6. The van der Waals surface area contributed by atoms with Gasteiger partial charge in [0, 0.05) is 19.6 Å². The molecule has 2 heterocycles. The zero-order valence-electron chi connectivity index (χ0n) is 18.0. The normalized spacial score (nSPS) is 21.8. The SMILES string of the molecule is COc1ccc(CNC(=O)C[C@@H]2SC(=Nc3ccccc3)N(C[C@H]3CCCO3)C2=O)cc1. The maximum absolute atomic E-state index is 13.1. The third kappa shape index (κ3) is 5.69. The van der Waals surface area contributed by atoms with E-state index in [2.05, 4.69) is 10.3 Å². The average molecular weight is 454 g/mol. The number of para-hydroxylation sites is 1. The number of nitrogens with zero attached hydrogens (tertiary/aromatic N) is 2. The molecule has 8 heteroatoms. The fraction of sp³-hybridized carbons (Fsp3) is 0.375. The number of hydrogen-bond acceptors (Lipinski definition) is 6. The minimum atomic E-state index is -0.491. The molecule has 7 nitrogen and oxygen atoms in total. The molecule has 2 atom stereocenters. The number of carbonyl (C=O) groups excluding carboxylic acids is 2. The monoisotopic (exact) mass is 453 g/mol. The summed E-state index contributed by atoms with van der Waals surface area (Å²) >= 11 is 1.35. The Morgan fingerprint density at radius 3 is 2.69 bits per heavy atom. The minimum Gasteiger partial charge on any atom is -0.497 e. The fourth-order valence-electron chi connectivity index (χ4n) is 3.68. The van der Waals surface area contributed by atoms with Crippen molar-refractivity contribution in [1.29, 1.82) is 0 Å². The van der Waals surface area contributed by atoms with E-state index in [1.807, 2.05) is 54.6 Å². The molecule has 0 aliphatic carbocycles. The van der Waals surface area contributed by atoms with Gasteiger partial charge in [0.2, 0.25) is 11.8 Å². The Morgan fingerprint density at radius 1 is 1.22 bits per heavy atom. The predicted octanol–water partition coefficient (Wildman–Crippen LogP) is 3.51. The van der Waals surface area contributed by atoms with Crippen LogP contribution in [0.4, 0.5) is 5.69 Å². The van der Waals surface area contributed by atoms with E-state index in [9.17, 15) is 9.59 Å². The predicted molar refractivity (Wildman–Crippen MR) is 125 cm³/mol. The standard InChI is InChI=1S/C24H27N3O4S/c1-30-19-11-9-17(10-12-19)15-25-22(28)14-21-23(29)27(16-20-8-5-13-31-20)24(32-21)26-18-6-3-2-4-7-18/h2-4,6-7,9-12,20-21H,5,8,13-16H2,1H3,(H,25,28)/t20-,21+/m1/s1. The van der Waals surface area contributed by atoms with Crippen molar-refractivity contribution in [2.24, 2.45) is 4.99 Å². The van der Waals surface area contributed by atoms with Gasteiger partial charge in [-0.2, -0.15) is 0 Å². The molecule has 0 aromatic heterocycles. The summed E-state index contributed by atoms with van der Waals surface area (Å²) in [5.74, 6) is 0.522. The molecule has 2 saturated heterocycles. The Bertz CT molecular complexity index is 959. The van der Waals surface area contributed by atoms with Crippen LogP contribution in [0.2, 0.25) is 0 Å². The van der Waals surface area contributed by atoms with E-state index in [1.165, 1.54) is 11.8 Å². The fourth-order valence-corrected chi connectivity index (χ4v) is 4.85. The highest BCUT2D eigenvalue weighted by molar-refractivity contribution is 8.15. The van der Waals surface area contributed by atoms with Crippen molar-refractivity contribution in [1.82, 2.24) is 10.2 Å². The molecule has 2 fully saturated rings. The van der Waals surface area contributed by atoms with Gasteiger partial charge < -0.3 is 14.8 Å². The summed E-state index contributed by atoms with van der Waals surface area (Å²) in [6.07, 6.45) is 2.06. The first-order valence-electron chi connectivity index (χ1n) is 10.8. The lowest BCUT2D eigenvalue weighted by molar-refractivity contribution is -0.130. The van der Waals surface area contributed by atoms with E-state index in [0.29, 0.717) is 18.3 Å². The molecule has 168 valence electrons. The van der Waals surface area contributed by atoms with Gasteiger partial charge in [0.15, 0.2) is 5.17 Å². The summed E-state index contributed by atoms with van der Waals surface area (Å²) in [6, 6.07) is 17.1. The van der Waals surface area contributed by atoms with Crippen LogP contribution in [0.3, 0.4) is 0 Å². The number of hydrogen-bond donors (Lipinski definition) is 1. The Kier molecular flexibility index (Phi) is 7.44. The van der Waals surface area contributed by atoms with Crippen LogP contribution in [0.15, 0.2) is 59.6 Å². The summed E-state index contributed by atoms with van der Waals surface area (Å²) in [5.41, 5.74) is 1.75. The number of amides is 2. The number of thioether (sulfide) groups is 1. The molecule has 0 radical (unpaired) electrons. The molecule has 32 heavy (non-hydrogen) atoms. The highest BCUT2D eigenvalue weighted by atomic mass is 32.2. The molecule has 1 N–H and O–H groups in total. The van der Waals surface area contributed by atoms with Crippen molar-refractivity contribution in [3.05, 3.63) is 60.2 Å². The first kappa shape index (κ1) is 22.4. The van der Waals surface area contributed by atoms with E-state index in [-0.39, 0.29) is 24.3 Å². The zero-order chi connectivity index (χ0) is 22.3. The van der Waals surface area contributed by atoms with E-state index < -0.39 is 5.25 Å². The number of aliphatic imine (C=N–C) groups is 1. The molecule has 4 rings (SSSR count). The van der Waals surface area contributed by atoms with Gasteiger partial charge in [-0.05, 0) is 42.7 Å². The maximum atomic E-state index is 13.1. The summed E-state index contributed by atoms with van der Waals surface area (Å²) in [7, 11) is 1.62. The van der Waals surface area contributed by atoms with Gasteiger partial charge in [0.1, 0.15) is 11.0 Å². The highest BCUT2D eigenvalue weighted by Crippen LogP contribution is 2.32. The van der Waals surface area contributed by atoms with Gasteiger partial charge in [-0.15, -0.1) is 0 Å². The van der Waals surface area contributed by atoms with Crippen LogP contribution in [0.25, 0.3) is 0 Å². The van der Waals surface area contributed by atoms with Crippen molar-refractivity contribution in [2.75, 3.05) is 20.3 Å². The smallest absolute Gasteiger partial charge is 0.242 e. The molecule has 0 spiro atoms. The molecule has 2 aromatic rings. The number of nitrogens with one attached hydrogen (secondary N) is 1. The van der Waals surface area contributed by atoms with Crippen molar-refractivity contribution < 1.29 is 19.1 Å². The molecule has 0 saturated carbocycles. The van der Waals surface area contributed by atoms with Gasteiger partial charge in [-0.25, -0.2) is 4.99 Å². The second-order valence-corrected chi connectivity index (χ2v) is 8.92. The van der Waals surface area contributed by atoms with Crippen molar-refractivity contribution in [3.8, 4) is 5.75 Å². The van der Waals surface area contributed by atoms with Crippen LogP contribution in [-0.2, 0) is 20.9 Å². The van der Waals surface area contributed by atoms with Crippen LogP contribution < -0.4 is 10.1 Å². The number of amidine groups is 1. The van der Waals surface area contributed by atoms with Gasteiger partial charge in [0.25, 0.3) is 0 Å². The highest BCUT2D eigenvalue weighted by Gasteiger charge is 2.40. The van der Waals surface area contributed by atoms with Crippen LogP contribution in [0.1, 0.15) is 24.8 Å². The molecule has 0 unspecified atom stereocenters. The second kappa shape index (κ2) is 10.7. The summed E-state index contributed by atoms with van der Waals surface area (Å²) in [4.78, 5) is 32.1. The van der Waals surface area contributed by atoms with Crippen LogP contribution >= 0.6 is 11.8 Å². The van der Waals surface area contributed by atoms with Crippen molar-refractivity contribution >= 4 is 34.4 Å². The lowest BCUT2D eigenvalue weighted by atomic mass is 10.2. The molecule has 2 amide bonds. The van der Waals surface area contributed by atoms with E-state index in [4.69, 9.17) is 9.47 Å². The van der Waals surface area contributed by atoms with Gasteiger partial charge in [0.05, 0.1) is 25.4 Å². The summed E-state index contributed by atoms with van der Waals surface area (Å²) in [6.45, 7) is 1.60. The lowest BCUT2D eigenvalue weighted by Gasteiger charge is -2.20. The molecular formula is C24H27N3O4S. The van der Waals surface area contributed by atoms with E-state index in [1.54, 1.807) is 12.0 Å². The zero-order valence-corrected chi connectivity index (χ0v) is 18.8. The molecule has 2 aliphatic heterocycles. The third-order valence-corrected chi connectivity index (χ3v) is 6.61. The maximum Gasteiger partial charge on any atom is 0.242 e. The van der Waals surface area contributed by atoms with Crippen molar-refractivity contribution in [2.45, 2.75) is 37.2 Å². The summed E-state index contributed by atoms with van der Waals surface area (Å²) < 4.78 is 10.9. The number of methoxy groups -OCH3 is 1. The van der Waals surface area contributed by atoms with Crippen LogP contribution in [-0.4, -0.2) is 53.5 Å². The number of ether oxygens (including phenoxy) is 2. The van der Waals surface area contributed by atoms with Crippen LogP contribution in [0, 0.1) is 0 Å². The molecule has 2 aromatic carbocycles. The van der Waals surface area contributed by atoms with Crippen molar-refractivity contribution in [3.63, 3.8) is 0 Å². The van der Waals surface area contributed by atoms with E-state index >= 15 is 0 Å². The molecule has 2 aliphatic rings. The van der Waals surface area contributed by atoms with E-state index in [0.717, 1.165) is 36.4 Å². The average Bonchev–Trinajstić information content (AvgIpc) is 3.43. The topological polar surface area (TPSA) is 80.2 Å². The number of rotatable bonds is 8. The second-order valence-electron chi connectivity index (χ2n) is 7.75. The number of carbonyl (C=O) groups is 2. The van der Waals surface area contributed by atoms with Crippen LogP contribution in [0.5, 0.6) is 5.75 Å². The third-order valence-electron chi connectivity index (χ3n) is 5.43. The minimum absolute atomic E-state index is 0.0168.